The second kappa shape index (κ2) is 6.96. The maximum absolute atomic E-state index is 13.4. The van der Waals surface area contributed by atoms with Gasteiger partial charge in [0.2, 0.25) is 0 Å². The molecule has 4 rings (SSSR count). The summed E-state index contributed by atoms with van der Waals surface area (Å²) in [4.78, 5) is 17.8. The van der Waals surface area contributed by atoms with Crippen LogP contribution >= 0.6 is 11.5 Å². The molecule has 1 unspecified atom stereocenters. The third-order valence-electron chi connectivity index (χ3n) is 4.55. The summed E-state index contributed by atoms with van der Waals surface area (Å²) in [5.74, 6) is 0.709. The van der Waals surface area contributed by atoms with Crippen LogP contribution in [-0.4, -0.2) is 13.9 Å². The molecule has 2 aromatic carbocycles. The van der Waals surface area contributed by atoms with E-state index in [0.29, 0.717) is 11.0 Å². The summed E-state index contributed by atoms with van der Waals surface area (Å²) in [5, 5.41) is 6.98. The fourth-order valence-electron chi connectivity index (χ4n) is 3.28. The van der Waals surface area contributed by atoms with E-state index >= 15 is 0 Å². The summed E-state index contributed by atoms with van der Waals surface area (Å²) in [6.07, 6.45) is 0. The summed E-state index contributed by atoms with van der Waals surface area (Å²) in [6.45, 7) is 5.79. The number of nitrogens with zero attached hydrogens (tertiary/aromatic N) is 4. The molecule has 0 aliphatic rings. The van der Waals surface area contributed by atoms with Crippen molar-refractivity contribution < 1.29 is 0 Å². The number of hydrogen-bond acceptors (Lipinski definition) is 4. The summed E-state index contributed by atoms with van der Waals surface area (Å²) in [6, 6.07) is 17.4. The first-order valence-corrected chi connectivity index (χ1v) is 9.54. The lowest BCUT2D eigenvalue weighted by molar-refractivity contribution is 0.803. The zero-order chi connectivity index (χ0) is 19.0. The van der Waals surface area contributed by atoms with E-state index in [1.807, 2.05) is 69.3 Å². The zero-order valence-electron chi connectivity index (χ0n) is 15.4. The number of aryl methyl sites for hydroxylation is 2. The van der Waals surface area contributed by atoms with Gasteiger partial charge in [-0.1, -0.05) is 43.3 Å². The van der Waals surface area contributed by atoms with Crippen LogP contribution < -0.4 is 5.56 Å². The molecule has 5 nitrogen and oxygen atoms in total. The Kier molecular flexibility index (Phi) is 4.49. The minimum absolute atomic E-state index is 0.0257. The molecular formula is C21H19N4OS-. The van der Waals surface area contributed by atoms with E-state index in [1.54, 1.807) is 4.57 Å². The Bertz CT molecular complexity index is 1160. The normalized spacial score (nSPS) is 12.3. The highest BCUT2D eigenvalue weighted by atomic mass is 32.1. The molecule has 0 bridgehead atoms. The average molecular weight is 375 g/mol. The number of rotatable bonds is 4. The molecule has 0 saturated carbocycles. The largest absolute Gasteiger partial charge is 0.446 e. The van der Waals surface area contributed by atoms with Gasteiger partial charge in [-0.05, 0) is 54.5 Å². The van der Waals surface area contributed by atoms with Crippen LogP contribution in [0.4, 0.5) is 5.13 Å². The van der Waals surface area contributed by atoms with Gasteiger partial charge in [-0.3, -0.25) is 9.36 Å². The number of hydrogen-bond donors (Lipinski definition) is 0. The lowest BCUT2D eigenvalue weighted by atomic mass is 10.0. The summed E-state index contributed by atoms with van der Waals surface area (Å²) >= 11 is 1.27. The van der Waals surface area contributed by atoms with Gasteiger partial charge in [-0.15, -0.1) is 0 Å². The van der Waals surface area contributed by atoms with Crippen LogP contribution in [0.2, 0.25) is 0 Å². The highest BCUT2D eigenvalue weighted by Gasteiger charge is 2.15. The van der Waals surface area contributed by atoms with Crippen LogP contribution in [0.25, 0.3) is 21.8 Å². The van der Waals surface area contributed by atoms with Gasteiger partial charge in [0.25, 0.3) is 5.56 Å². The topological polar surface area (TPSA) is 61.9 Å². The maximum Gasteiger partial charge on any atom is 0.263 e. The SMILES string of the molecule is Cc1nsc([N-]C(C)c2cc3cccc(C)c3c(=O)n2-c2ccccc2)n1. The lowest BCUT2D eigenvalue weighted by Gasteiger charge is -2.25. The Hall–Kier alpha value is -2.99. The molecular weight excluding hydrogens is 356 g/mol. The van der Waals surface area contributed by atoms with Crippen LogP contribution in [0, 0.1) is 13.8 Å². The highest BCUT2D eigenvalue weighted by Crippen LogP contribution is 2.33. The highest BCUT2D eigenvalue weighted by molar-refractivity contribution is 7.09. The Morgan fingerprint density at radius 3 is 2.56 bits per heavy atom. The second-order valence-corrected chi connectivity index (χ2v) is 7.24. The van der Waals surface area contributed by atoms with Crippen molar-refractivity contribution in [2.24, 2.45) is 0 Å². The molecule has 0 spiro atoms. The molecule has 2 heterocycles. The predicted molar refractivity (Wildman–Crippen MR) is 110 cm³/mol. The molecule has 0 saturated heterocycles. The Labute approximate surface area is 161 Å². The van der Waals surface area contributed by atoms with Crippen LogP contribution in [0.5, 0.6) is 0 Å². The summed E-state index contributed by atoms with van der Waals surface area (Å²) in [7, 11) is 0. The van der Waals surface area contributed by atoms with Gasteiger partial charge < -0.3 is 10.3 Å². The van der Waals surface area contributed by atoms with Crippen molar-refractivity contribution in [2.45, 2.75) is 26.8 Å². The van der Waals surface area contributed by atoms with Crippen LogP contribution in [0.15, 0.2) is 59.4 Å². The van der Waals surface area contributed by atoms with Crippen LogP contribution in [0.3, 0.4) is 0 Å². The first-order chi connectivity index (χ1) is 13.0. The molecule has 0 N–H and O–H groups in total. The van der Waals surface area contributed by atoms with Crippen molar-refractivity contribution in [3.63, 3.8) is 0 Å². The molecule has 0 radical (unpaired) electrons. The zero-order valence-corrected chi connectivity index (χ0v) is 16.2. The maximum atomic E-state index is 13.4. The Balaban J connectivity index is 1.94. The number of benzene rings is 2. The third-order valence-corrected chi connectivity index (χ3v) is 5.26. The Morgan fingerprint density at radius 1 is 1.07 bits per heavy atom. The number of pyridine rings is 1. The number of aromatic nitrogens is 3. The van der Waals surface area contributed by atoms with Gasteiger partial charge in [0.15, 0.2) is 0 Å². The van der Waals surface area contributed by atoms with Gasteiger partial charge in [-0.25, -0.2) is 4.37 Å². The van der Waals surface area contributed by atoms with Crippen molar-refractivity contribution in [3.8, 4) is 5.69 Å². The summed E-state index contributed by atoms with van der Waals surface area (Å²) in [5.41, 5.74) is 2.61. The predicted octanol–water partition coefficient (Wildman–Crippen LogP) is 5.23. The number of para-hydroxylation sites is 1. The van der Waals surface area contributed by atoms with Crippen molar-refractivity contribution in [3.05, 3.63) is 87.3 Å². The van der Waals surface area contributed by atoms with Gasteiger partial charge in [0.1, 0.15) is 0 Å². The van der Waals surface area contributed by atoms with Gasteiger partial charge >= 0.3 is 0 Å². The van der Waals surface area contributed by atoms with E-state index in [0.717, 1.165) is 27.7 Å². The smallest absolute Gasteiger partial charge is 0.263 e. The van der Waals surface area contributed by atoms with Gasteiger partial charge in [-0.2, -0.15) is 0 Å². The monoisotopic (exact) mass is 375 g/mol. The molecule has 0 fully saturated rings. The Morgan fingerprint density at radius 2 is 1.85 bits per heavy atom. The molecule has 136 valence electrons. The van der Waals surface area contributed by atoms with Gasteiger partial charge in [0.05, 0.1) is 5.39 Å². The fraction of sp³-hybridized carbons (Fsp3) is 0.190. The van der Waals surface area contributed by atoms with E-state index in [9.17, 15) is 4.79 Å². The van der Waals surface area contributed by atoms with E-state index in [2.05, 4.69) is 15.4 Å². The lowest BCUT2D eigenvalue weighted by Crippen LogP contribution is -2.23. The molecule has 6 heteroatoms. The minimum Gasteiger partial charge on any atom is -0.446 e. The third kappa shape index (κ3) is 3.24. The standard InChI is InChI=1S/C21H19N4OS/c1-13-8-7-9-16-12-18(14(2)22-21-23-15(3)24-27-21)25(20(26)19(13)16)17-10-5-4-6-11-17/h4-12,14H,1-3H3/q-1. The first-order valence-electron chi connectivity index (χ1n) is 8.76. The molecule has 27 heavy (non-hydrogen) atoms. The van der Waals surface area contributed by atoms with Crippen molar-refractivity contribution in [1.82, 2.24) is 13.9 Å². The van der Waals surface area contributed by atoms with Crippen molar-refractivity contribution in [2.75, 3.05) is 0 Å². The fourth-order valence-corrected chi connectivity index (χ4v) is 3.91. The summed E-state index contributed by atoms with van der Waals surface area (Å²) < 4.78 is 5.95. The molecule has 0 aliphatic heterocycles. The van der Waals surface area contributed by atoms with Crippen LogP contribution in [0.1, 0.15) is 30.0 Å². The van der Waals surface area contributed by atoms with E-state index < -0.39 is 0 Å². The van der Waals surface area contributed by atoms with E-state index in [-0.39, 0.29) is 11.6 Å². The van der Waals surface area contributed by atoms with Crippen molar-refractivity contribution in [1.29, 1.82) is 0 Å². The molecule has 0 aliphatic carbocycles. The average Bonchev–Trinajstić information content (AvgIpc) is 3.06. The van der Waals surface area contributed by atoms with E-state index in [4.69, 9.17) is 5.32 Å². The van der Waals surface area contributed by atoms with Gasteiger partial charge in [0, 0.05) is 28.4 Å². The first kappa shape index (κ1) is 17.4. The number of fused-ring (bicyclic) bond motifs is 1. The molecule has 4 aromatic rings. The minimum atomic E-state index is -0.241. The van der Waals surface area contributed by atoms with E-state index in [1.165, 1.54) is 11.5 Å². The molecule has 0 amide bonds. The van der Waals surface area contributed by atoms with Crippen molar-refractivity contribution >= 4 is 27.4 Å². The molecule has 1 atom stereocenters. The second-order valence-electron chi connectivity index (χ2n) is 6.51. The van der Waals surface area contributed by atoms with Crippen LogP contribution in [-0.2, 0) is 0 Å². The quantitative estimate of drug-likeness (QED) is 0.491. The molecule has 2 aromatic heterocycles.